The van der Waals surface area contributed by atoms with Crippen molar-refractivity contribution in [1.29, 1.82) is 0 Å². The zero-order valence-corrected chi connectivity index (χ0v) is 69.4. The van der Waals surface area contributed by atoms with Gasteiger partial charge in [0, 0.05) is 25.7 Å². The number of allylic oxidation sites excluding steroid dienone is 36. The highest BCUT2D eigenvalue weighted by Crippen LogP contribution is 2.45. The third kappa shape index (κ3) is 79.5. The van der Waals surface area contributed by atoms with Gasteiger partial charge < -0.3 is 33.8 Å². The molecule has 618 valence electrons. The van der Waals surface area contributed by atoms with Crippen molar-refractivity contribution in [3.05, 3.63) is 219 Å². The fourth-order valence-corrected chi connectivity index (χ4v) is 11.5. The summed E-state index contributed by atoms with van der Waals surface area (Å²) in [6, 6.07) is 0. The Morgan fingerprint density at radius 2 is 0.473 bits per heavy atom. The van der Waals surface area contributed by atoms with E-state index < -0.39 is 97.5 Å². The topological polar surface area (TPSA) is 237 Å². The molecule has 3 N–H and O–H groups in total. The average Bonchev–Trinajstić information content (AvgIpc) is 0.906. The summed E-state index contributed by atoms with van der Waals surface area (Å²) in [5.74, 6) is -2.40. The molecule has 110 heavy (non-hydrogen) atoms. The molecule has 19 heteroatoms. The number of ether oxygens (including phenoxy) is 4. The molecule has 0 amide bonds. The summed E-state index contributed by atoms with van der Waals surface area (Å²) >= 11 is 0. The lowest BCUT2D eigenvalue weighted by Crippen LogP contribution is -2.30. The number of aliphatic hydroxyl groups is 1. The Labute approximate surface area is 664 Å². The zero-order valence-electron chi connectivity index (χ0n) is 67.6. The minimum Gasteiger partial charge on any atom is -0.462 e. The van der Waals surface area contributed by atoms with E-state index in [9.17, 15) is 43.2 Å². The number of phosphoric acid groups is 2. The van der Waals surface area contributed by atoms with Crippen LogP contribution in [0.25, 0.3) is 0 Å². The Bertz CT molecular complexity index is 2950. The molecule has 0 bridgehead atoms. The highest BCUT2D eigenvalue weighted by Gasteiger charge is 2.30. The van der Waals surface area contributed by atoms with E-state index >= 15 is 0 Å². The average molecular weight is 1570 g/mol. The van der Waals surface area contributed by atoms with Crippen LogP contribution < -0.4 is 0 Å². The van der Waals surface area contributed by atoms with E-state index in [-0.39, 0.29) is 25.7 Å². The Morgan fingerprint density at radius 1 is 0.255 bits per heavy atom. The van der Waals surface area contributed by atoms with Crippen molar-refractivity contribution in [1.82, 2.24) is 0 Å². The fraction of sp³-hybridized carbons (Fsp3) is 0.560. The second-order valence-electron chi connectivity index (χ2n) is 26.2. The molecule has 0 aromatic rings. The lowest BCUT2D eigenvalue weighted by Gasteiger charge is -2.21. The van der Waals surface area contributed by atoms with Crippen LogP contribution in [0, 0.1) is 0 Å². The minimum absolute atomic E-state index is 0.00949. The van der Waals surface area contributed by atoms with E-state index in [2.05, 4.69) is 216 Å². The van der Waals surface area contributed by atoms with Crippen molar-refractivity contribution in [2.45, 2.75) is 290 Å². The normalized spacial score (nSPS) is 14.9. The van der Waals surface area contributed by atoms with Crippen LogP contribution in [0.3, 0.4) is 0 Å². The van der Waals surface area contributed by atoms with Crippen LogP contribution >= 0.6 is 15.6 Å². The van der Waals surface area contributed by atoms with Crippen molar-refractivity contribution in [2.75, 3.05) is 39.6 Å². The maximum atomic E-state index is 13.1. The van der Waals surface area contributed by atoms with Crippen LogP contribution in [0.5, 0.6) is 0 Å². The van der Waals surface area contributed by atoms with Gasteiger partial charge in [-0.1, -0.05) is 291 Å². The van der Waals surface area contributed by atoms with Gasteiger partial charge in [-0.2, -0.15) is 0 Å². The first-order valence-corrected chi connectivity index (χ1v) is 44.0. The second-order valence-corrected chi connectivity index (χ2v) is 29.1. The van der Waals surface area contributed by atoms with Crippen LogP contribution in [0.2, 0.25) is 0 Å². The highest BCUT2D eigenvalue weighted by molar-refractivity contribution is 7.47. The van der Waals surface area contributed by atoms with Gasteiger partial charge in [0.1, 0.15) is 19.3 Å². The summed E-state index contributed by atoms with van der Waals surface area (Å²) in [6.45, 7) is 4.20. The Hall–Kier alpha value is -6.62. The number of rotatable bonds is 74. The molecule has 5 atom stereocenters. The van der Waals surface area contributed by atoms with Crippen LogP contribution in [0.1, 0.15) is 272 Å². The van der Waals surface area contributed by atoms with Crippen LogP contribution in [-0.2, 0) is 65.4 Å². The monoisotopic (exact) mass is 1570 g/mol. The molecule has 17 nitrogen and oxygen atoms in total. The van der Waals surface area contributed by atoms with Gasteiger partial charge in [-0.25, -0.2) is 9.13 Å². The minimum atomic E-state index is -5.03. The van der Waals surface area contributed by atoms with Gasteiger partial charge in [-0.15, -0.1) is 0 Å². The number of hydrogen-bond acceptors (Lipinski definition) is 15. The fourth-order valence-electron chi connectivity index (χ4n) is 9.87. The molecule has 0 rings (SSSR count). The van der Waals surface area contributed by atoms with Crippen LogP contribution in [0.15, 0.2) is 219 Å². The summed E-state index contributed by atoms with van der Waals surface area (Å²) in [4.78, 5) is 73.1. The molecule has 0 aromatic carbocycles. The quantitative estimate of drug-likeness (QED) is 0.0169. The first kappa shape index (κ1) is 103. The summed E-state index contributed by atoms with van der Waals surface area (Å²) in [5, 5.41) is 10.7. The molecular weight excluding hydrogens is 1430 g/mol. The standard InChI is InChI=1S/C91H142O17P2/c1-5-9-13-17-21-25-29-33-37-41-42-46-48-52-56-60-64-68-72-76-89(94)102-82-87(108-91(96)78-74-70-66-62-58-54-50-45-40-36-32-28-24-20-16-12-8-4)84-106-110(99,100)104-80-85(92)79-103-109(97,98)105-83-86(107-90(95)77-73-69-65-61-57-53-49-44-39-35-31-27-23-19-15-11-7-3)81-101-88(93)75-71-67-63-59-55-51-47-43-38-34-30-26-22-18-14-10-6-2/h9-16,21-28,33-40,42,46-47,50-52,54,56,62,64,66,68,85-87,92H,5-8,17-20,29-32,41,43-45,48-49,53,55,57-61,63,65,67,69-84H2,1-4H3,(H,97,98)(H,99,100)/b13-9-,14-10-,15-11-,16-12-,25-21-,26-22-,27-23-,28-24-,37-33-,38-34-,39-35-,40-36-,46-42-,51-47-,54-50-,56-52-,66-62-,68-64-. The molecule has 0 radical (unpaired) electrons. The third-order valence-electron chi connectivity index (χ3n) is 15.9. The zero-order chi connectivity index (χ0) is 80.3. The highest BCUT2D eigenvalue weighted by atomic mass is 31.2. The maximum Gasteiger partial charge on any atom is 0.472 e. The van der Waals surface area contributed by atoms with Crippen molar-refractivity contribution in [2.24, 2.45) is 0 Å². The summed E-state index contributed by atoms with van der Waals surface area (Å²) in [6.07, 6.45) is 102. The number of carbonyl (C=O) groups excluding carboxylic acids is 4. The van der Waals surface area contributed by atoms with Crippen molar-refractivity contribution in [3.8, 4) is 0 Å². The largest absolute Gasteiger partial charge is 0.472 e. The van der Waals surface area contributed by atoms with Gasteiger partial charge in [0.15, 0.2) is 12.2 Å². The molecule has 0 aromatic heterocycles. The molecule has 5 unspecified atom stereocenters. The number of phosphoric ester groups is 2. The smallest absolute Gasteiger partial charge is 0.462 e. The van der Waals surface area contributed by atoms with E-state index in [1.54, 1.807) is 0 Å². The SMILES string of the molecule is CC/C=C\C/C=C\C/C=C\C/C=C\C/C=C\C/C=C\CCC(=O)OCC(COP(=O)(O)OCC(O)COP(=O)(O)OCC(COC(=O)CCCCCC/C=C\C/C=C\C/C=C\C/C=C\CC)OC(=O)CCCCCCCCC/C=C\C/C=C\C/C=C\CC)OC(=O)CCC/C=C\C/C=C\C/C=C\C/C=C\C/C=C\CC. The number of unbranched alkanes of at least 4 members (excludes halogenated alkanes) is 12. The predicted octanol–water partition coefficient (Wildman–Crippen LogP) is 24.4. The molecule has 0 fully saturated rings. The van der Waals surface area contributed by atoms with Crippen LogP contribution in [-0.4, -0.2) is 96.7 Å². The van der Waals surface area contributed by atoms with E-state index in [1.165, 1.54) is 0 Å². The first-order valence-electron chi connectivity index (χ1n) is 41.0. The summed E-state index contributed by atoms with van der Waals surface area (Å²) < 4.78 is 68.6. The van der Waals surface area contributed by atoms with Crippen molar-refractivity contribution >= 4 is 39.5 Å². The van der Waals surface area contributed by atoms with Crippen molar-refractivity contribution < 1.29 is 80.2 Å². The van der Waals surface area contributed by atoms with Gasteiger partial charge in [0.05, 0.1) is 26.4 Å². The van der Waals surface area contributed by atoms with E-state index in [0.29, 0.717) is 38.5 Å². The Morgan fingerprint density at radius 3 is 0.773 bits per heavy atom. The summed E-state index contributed by atoms with van der Waals surface area (Å²) in [7, 11) is -10.0. The molecular formula is C91H142O17P2. The summed E-state index contributed by atoms with van der Waals surface area (Å²) in [5.41, 5.74) is 0. The van der Waals surface area contributed by atoms with Gasteiger partial charge in [-0.3, -0.25) is 37.3 Å². The molecule has 0 aliphatic carbocycles. The Balaban J connectivity index is 5.56. The molecule has 0 heterocycles. The lowest BCUT2D eigenvalue weighted by molar-refractivity contribution is -0.161. The van der Waals surface area contributed by atoms with Gasteiger partial charge >= 0.3 is 39.5 Å². The first-order chi connectivity index (χ1) is 53.7. The molecule has 0 spiro atoms. The number of aliphatic hydroxyl groups excluding tert-OH is 1. The van der Waals surface area contributed by atoms with E-state index in [4.69, 9.17) is 37.0 Å². The van der Waals surface area contributed by atoms with Gasteiger partial charge in [0.25, 0.3) is 0 Å². The third-order valence-corrected chi connectivity index (χ3v) is 17.8. The second kappa shape index (κ2) is 80.4. The number of carbonyl (C=O) groups is 4. The van der Waals surface area contributed by atoms with Crippen molar-refractivity contribution in [3.63, 3.8) is 0 Å². The predicted molar refractivity (Wildman–Crippen MR) is 454 cm³/mol. The number of esters is 4. The molecule has 0 saturated heterocycles. The van der Waals surface area contributed by atoms with E-state index in [1.807, 2.05) is 30.4 Å². The lowest BCUT2D eigenvalue weighted by atomic mass is 10.1. The van der Waals surface area contributed by atoms with Gasteiger partial charge in [-0.05, 0) is 173 Å². The Kier molecular flexibility index (Phi) is 75.6. The number of hydrogen-bond donors (Lipinski definition) is 3. The molecule has 0 aliphatic rings. The van der Waals surface area contributed by atoms with Crippen LogP contribution in [0.4, 0.5) is 0 Å². The molecule has 0 saturated carbocycles. The maximum absolute atomic E-state index is 13.1. The molecule has 0 aliphatic heterocycles. The van der Waals surface area contributed by atoms with E-state index in [0.717, 1.165) is 180 Å². The van der Waals surface area contributed by atoms with Gasteiger partial charge in [0.2, 0.25) is 0 Å².